The van der Waals surface area contributed by atoms with Crippen molar-refractivity contribution in [1.82, 2.24) is 14.5 Å². The Morgan fingerprint density at radius 1 is 1.18 bits per heavy atom. The molecule has 0 saturated carbocycles. The van der Waals surface area contributed by atoms with E-state index in [1.807, 2.05) is 48.7 Å². The predicted octanol–water partition coefficient (Wildman–Crippen LogP) is 0.140. The standard InChI is InChI=1S/C19H23N5O4/c1-11(2)22-18-14-17(21-10-23(18)12-6-4-3-5-7-12)24(9-20-14)19-16(27)15(26)13(8-25)28-19/h3-7,9-11,13,15-16,19,25-27H,8H2,1-2H3/p+1/t13-,15-,16-,19-/m1/s1. The minimum absolute atomic E-state index is 0.152. The molecule has 9 heteroatoms. The van der Waals surface area contributed by atoms with Gasteiger partial charge in [0, 0.05) is 0 Å². The Bertz CT molecular complexity index is 962. The van der Waals surface area contributed by atoms with Gasteiger partial charge in [0.15, 0.2) is 11.7 Å². The second kappa shape index (κ2) is 7.44. The second-order valence-corrected chi connectivity index (χ2v) is 7.15. The SMILES string of the molecule is CC(C)Nc1c2ncn([C@@H]3O[C@H](CO)[C@@H](O)[C@H]3O)c2nc[n+]1-c1ccccc1. The fourth-order valence-corrected chi connectivity index (χ4v) is 3.43. The number of anilines is 1. The van der Waals surface area contributed by atoms with Crippen LogP contribution in [0.25, 0.3) is 16.9 Å². The van der Waals surface area contributed by atoms with Crippen molar-refractivity contribution >= 4 is 17.0 Å². The first kappa shape index (κ1) is 18.8. The monoisotopic (exact) mass is 386 g/mol. The summed E-state index contributed by atoms with van der Waals surface area (Å²) < 4.78 is 9.13. The maximum atomic E-state index is 10.4. The van der Waals surface area contributed by atoms with Crippen molar-refractivity contribution in [1.29, 1.82) is 0 Å². The summed E-state index contributed by atoms with van der Waals surface area (Å²) in [6, 6.07) is 9.94. The van der Waals surface area contributed by atoms with Gasteiger partial charge in [-0.2, -0.15) is 0 Å². The second-order valence-electron chi connectivity index (χ2n) is 7.15. The zero-order chi connectivity index (χ0) is 19.8. The molecule has 4 rings (SSSR count). The summed E-state index contributed by atoms with van der Waals surface area (Å²) >= 11 is 0. The lowest BCUT2D eigenvalue weighted by molar-refractivity contribution is -0.582. The highest BCUT2D eigenvalue weighted by molar-refractivity contribution is 5.81. The van der Waals surface area contributed by atoms with Crippen LogP contribution in [0.2, 0.25) is 0 Å². The van der Waals surface area contributed by atoms with Crippen LogP contribution in [-0.4, -0.2) is 60.8 Å². The van der Waals surface area contributed by atoms with E-state index in [4.69, 9.17) is 4.74 Å². The molecule has 148 valence electrons. The van der Waals surface area contributed by atoms with E-state index in [0.717, 1.165) is 11.5 Å². The van der Waals surface area contributed by atoms with Crippen molar-refractivity contribution in [3.05, 3.63) is 43.0 Å². The summed E-state index contributed by atoms with van der Waals surface area (Å²) in [5.74, 6) is 0.761. The number of benzene rings is 1. The zero-order valence-electron chi connectivity index (χ0n) is 15.7. The van der Waals surface area contributed by atoms with E-state index in [9.17, 15) is 15.3 Å². The number of ether oxygens (including phenoxy) is 1. The molecule has 4 atom stereocenters. The molecule has 2 aromatic heterocycles. The number of hydrogen-bond donors (Lipinski definition) is 4. The van der Waals surface area contributed by atoms with E-state index < -0.39 is 24.5 Å². The number of aliphatic hydroxyl groups excluding tert-OH is 3. The topological polar surface area (TPSA) is 117 Å². The third-order valence-corrected chi connectivity index (χ3v) is 4.78. The largest absolute Gasteiger partial charge is 0.394 e. The highest BCUT2D eigenvalue weighted by Crippen LogP contribution is 2.32. The van der Waals surface area contributed by atoms with Crippen molar-refractivity contribution in [2.45, 2.75) is 44.4 Å². The molecule has 28 heavy (non-hydrogen) atoms. The smallest absolute Gasteiger partial charge is 0.258 e. The lowest BCUT2D eigenvalue weighted by Crippen LogP contribution is -2.37. The van der Waals surface area contributed by atoms with Crippen LogP contribution in [-0.2, 0) is 4.74 Å². The maximum Gasteiger partial charge on any atom is 0.258 e. The Hall–Kier alpha value is -2.59. The van der Waals surface area contributed by atoms with Crippen LogP contribution >= 0.6 is 0 Å². The number of aromatic nitrogens is 4. The van der Waals surface area contributed by atoms with Gasteiger partial charge >= 0.3 is 0 Å². The molecular formula is C19H24N5O4+. The van der Waals surface area contributed by atoms with E-state index in [-0.39, 0.29) is 12.6 Å². The van der Waals surface area contributed by atoms with E-state index >= 15 is 0 Å². The normalized spacial score (nSPS) is 24.9. The molecule has 1 aliphatic heterocycles. The highest BCUT2D eigenvalue weighted by atomic mass is 16.6. The molecule has 4 N–H and O–H groups in total. The Balaban J connectivity index is 1.83. The van der Waals surface area contributed by atoms with Gasteiger partial charge in [0.2, 0.25) is 12.0 Å². The summed E-state index contributed by atoms with van der Waals surface area (Å²) in [6.45, 7) is 3.68. The average molecular weight is 386 g/mol. The zero-order valence-corrected chi connectivity index (χ0v) is 15.7. The summed E-state index contributed by atoms with van der Waals surface area (Å²) in [7, 11) is 0. The molecule has 1 saturated heterocycles. The highest BCUT2D eigenvalue weighted by Gasteiger charge is 2.44. The lowest BCUT2D eigenvalue weighted by atomic mass is 10.1. The van der Waals surface area contributed by atoms with Gasteiger partial charge in [-0.05, 0) is 26.0 Å². The van der Waals surface area contributed by atoms with E-state index in [2.05, 4.69) is 15.3 Å². The number of nitrogens with zero attached hydrogens (tertiary/aromatic N) is 4. The van der Waals surface area contributed by atoms with Gasteiger partial charge in [-0.25, -0.2) is 9.55 Å². The van der Waals surface area contributed by atoms with Crippen LogP contribution < -0.4 is 9.88 Å². The number of para-hydroxylation sites is 1. The Kier molecular flexibility index (Phi) is 4.98. The molecular weight excluding hydrogens is 362 g/mol. The molecule has 0 aliphatic carbocycles. The number of imidazole rings is 1. The Morgan fingerprint density at radius 2 is 1.93 bits per heavy atom. The molecule has 3 heterocycles. The predicted molar refractivity (Wildman–Crippen MR) is 101 cm³/mol. The fourth-order valence-electron chi connectivity index (χ4n) is 3.43. The van der Waals surface area contributed by atoms with Crippen LogP contribution in [0.15, 0.2) is 43.0 Å². The van der Waals surface area contributed by atoms with Crippen molar-refractivity contribution in [3.63, 3.8) is 0 Å². The number of hydrogen-bond acceptors (Lipinski definition) is 7. The Labute approximate surface area is 161 Å². The van der Waals surface area contributed by atoms with Crippen molar-refractivity contribution in [2.24, 2.45) is 0 Å². The first-order chi connectivity index (χ1) is 13.5. The first-order valence-electron chi connectivity index (χ1n) is 9.23. The molecule has 3 aromatic rings. The van der Waals surface area contributed by atoms with Crippen molar-refractivity contribution in [3.8, 4) is 5.69 Å². The quantitative estimate of drug-likeness (QED) is 0.461. The summed E-state index contributed by atoms with van der Waals surface area (Å²) in [4.78, 5) is 9.02. The van der Waals surface area contributed by atoms with Gasteiger partial charge < -0.3 is 25.4 Å². The van der Waals surface area contributed by atoms with Crippen LogP contribution in [0.3, 0.4) is 0 Å². The number of rotatable bonds is 5. The van der Waals surface area contributed by atoms with Crippen molar-refractivity contribution < 1.29 is 24.6 Å². The van der Waals surface area contributed by atoms with E-state index in [1.165, 1.54) is 6.33 Å². The molecule has 1 aliphatic rings. The van der Waals surface area contributed by atoms with Crippen molar-refractivity contribution in [2.75, 3.05) is 11.9 Å². The maximum absolute atomic E-state index is 10.4. The third kappa shape index (κ3) is 3.12. The summed E-state index contributed by atoms with van der Waals surface area (Å²) in [5.41, 5.74) is 2.05. The molecule has 9 nitrogen and oxygen atoms in total. The Morgan fingerprint density at radius 3 is 2.57 bits per heavy atom. The van der Waals surface area contributed by atoms with Gasteiger partial charge in [0.05, 0.1) is 12.6 Å². The number of fused-ring (bicyclic) bond motifs is 1. The molecule has 0 amide bonds. The number of nitrogens with one attached hydrogen (secondary N) is 1. The van der Waals surface area contributed by atoms with E-state index in [1.54, 1.807) is 10.9 Å². The van der Waals surface area contributed by atoms with Crippen LogP contribution in [0, 0.1) is 0 Å². The van der Waals surface area contributed by atoms with Gasteiger partial charge in [-0.15, -0.1) is 0 Å². The van der Waals surface area contributed by atoms with Gasteiger partial charge in [-0.3, -0.25) is 4.57 Å². The van der Waals surface area contributed by atoms with Crippen LogP contribution in [0.4, 0.5) is 5.82 Å². The van der Waals surface area contributed by atoms with Gasteiger partial charge in [0.1, 0.15) is 30.3 Å². The van der Waals surface area contributed by atoms with Gasteiger partial charge in [-0.1, -0.05) is 23.2 Å². The number of aliphatic hydroxyl groups is 3. The molecule has 0 unspecified atom stereocenters. The summed E-state index contributed by atoms with van der Waals surface area (Å²) in [5, 5.41) is 33.2. The third-order valence-electron chi connectivity index (χ3n) is 4.78. The minimum atomic E-state index is -1.20. The lowest BCUT2D eigenvalue weighted by Gasteiger charge is -2.16. The molecule has 0 radical (unpaired) electrons. The molecule has 1 aromatic carbocycles. The molecule has 0 bridgehead atoms. The fraction of sp³-hybridized carbons (Fsp3) is 0.421. The molecule has 0 spiro atoms. The minimum Gasteiger partial charge on any atom is -0.394 e. The van der Waals surface area contributed by atoms with Gasteiger partial charge in [0.25, 0.3) is 5.82 Å². The summed E-state index contributed by atoms with van der Waals surface area (Å²) in [6.07, 6.45) is -0.911. The average Bonchev–Trinajstić information content (AvgIpc) is 3.24. The van der Waals surface area contributed by atoms with E-state index in [0.29, 0.717) is 11.2 Å². The van der Waals surface area contributed by atoms with Crippen LogP contribution in [0.1, 0.15) is 20.1 Å². The van der Waals surface area contributed by atoms with Crippen LogP contribution in [0.5, 0.6) is 0 Å². The first-order valence-corrected chi connectivity index (χ1v) is 9.23. The molecule has 1 fully saturated rings.